The number of nitrogens with zero attached hydrogens (tertiary/aromatic N) is 6. The molecule has 0 radical (unpaired) electrons. The quantitative estimate of drug-likeness (QED) is 0.230. The number of piperazine rings is 1. The highest BCUT2D eigenvalue weighted by atomic mass is 19.1. The Balaban J connectivity index is 1.33. The topological polar surface area (TPSA) is 93.2 Å². The predicted molar refractivity (Wildman–Crippen MR) is 183 cm³/mol. The number of benzene rings is 2. The maximum absolute atomic E-state index is 17.0. The molecule has 2 atom stereocenters. The van der Waals surface area contributed by atoms with Gasteiger partial charge in [-0.3, -0.25) is 4.90 Å². The average molecular weight is 671 g/mol. The van der Waals surface area contributed by atoms with E-state index in [1.54, 1.807) is 11.0 Å². The third kappa shape index (κ3) is 6.05. The number of fused-ring (bicyclic) bond motifs is 3. The molecule has 2 aromatic carbocycles. The number of amides is 1. The first-order valence-corrected chi connectivity index (χ1v) is 16.7. The van der Waals surface area contributed by atoms with E-state index in [0.717, 1.165) is 24.8 Å². The van der Waals surface area contributed by atoms with Crippen LogP contribution in [0.15, 0.2) is 36.4 Å². The van der Waals surface area contributed by atoms with E-state index in [1.165, 1.54) is 7.11 Å². The third-order valence-corrected chi connectivity index (χ3v) is 9.68. The molecule has 0 saturated carbocycles. The van der Waals surface area contributed by atoms with Crippen molar-refractivity contribution in [3.05, 3.63) is 47.8 Å². The molecule has 0 aliphatic carbocycles. The van der Waals surface area contributed by atoms with Crippen LogP contribution in [0.3, 0.4) is 0 Å². The van der Waals surface area contributed by atoms with Crippen molar-refractivity contribution < 1.29 is 27.8 Å². The number of hydrogen-bond donors (Lipinski definition) is 0. The predicted octanol–water partition coefficient (Wildman–Crippen LogP) is 5.99. The maximum Gasteiger partial charge on any atom is 0.410 e. The lowest BCUT2D eigenvalue weighted by Gasteiger charge is -2.36. The molecule has 49 heavy (non-hydrogen) atoms. The highest BCUT2D eigenvalue weighted by Crippen LogP contribution is 2.42. The Morgan fingerprint density at radius 1 is 1.06 bits per heavy atom. The third-order valence-electron chi connectivity index (χ3n) is 9.68. The van der Waals surface area contributed by atoms with Crippen LogP contribution in [-0.4, -0.2) is 101 Å². The van der Waals surface area contributed by atoms with Crippen LogP contribution in [0.5, 0.6) is 11.9 Å². The summed E-state index contributed by atoms with van der Waals surface area (Å²) in [6.07, 6.45) is 6.66. The Bertz CT molecular complexity index is 1960. The van der Waals surface area contributed by atoms with E-state index in [9.17, 15) is 9.18 Å². The zero-order chi connectivity index (χ0) is 34.5. The lowest BCUT2D eigenvalue weighted by Crippen LogP contribution is -2.50. The number of halogens is 2. The zero-order valence-electron chi connectivity index (χ0n) is 28.3. The summed E-state index contributed by atoms with van der Waals surface area (Å²) < 4.78 is 49.3. The number of rotatable bonds is 6. The summed E-state index contributed by atoms with van der Waals surface area (Å²) >= 11 is 0. The normalized spacial score (nSPS) is 21.2. The first-order valence-electron chi connectivity index (χ1n) is 16.7. The van der Waals surface area contributed by atoms with Gasteiger partial charge < -0.3 is 24.0 Å². The summed E-state index contributed by atoms with van der Waals surface area (Å²) in [5.74, 6) is 2.54. The van der Waals surface area contributed by atoms with Crippen LogP contribution in [0.4, 0.5) is 19.4 Å². The van der Waals surface area contributed by atoms with E-state index in [2.05, 4.69) is 15.8 Å². The number of pyridine rings is 1. The molecule has 256 valence electrons. The molecule has 12 heteroatoms. The van der Waals surface area contributed by atoms with Crippen LogP contribution in [-0.2, 0) is 4.74 Å². The molecule has 1 amide bonds. The Morgan fingerprint density at radius 2 is 1.82 bits per heavy atom. The van der Waals surface area contributed by atoms with Gasteiger partial charge in [0.05, 0.1) is 12.6 Å². The molecule has 0 N–H and O–H groups in total. The molecule has 4 aromatic rings. The fourth-order valence-electron chi connectivity index (χ4n) is 7.46. The molecule has 10 nitrogen and oxygen atoms in total. The number of aromatic nitrogens is 3. The van der Waals surface area contributed by atoms with Crippen molar-refractivity contribution in [1.82, 2.24) is 24.8 Å². The second-order valence-corrected chi connectivity index (χ2v) is 14.0. The van der Waals surface area contributed by atoms with Crippen molar-refractivity contribution in [3.63, 3.8) is 0 Å². The number of ether oxygens (including phenoxy) is 3. The Hall–Kier alpha value is -4.76. The second-order valence-electron chi connectivity index (χ2n) is 14.0. The van der Waals surface area contributed by atoms with E-state index < -0.39 is 29.2 Å². The summed E-state index contributed by atoms with van der Waals surface area (Å²) in [4.78, 5) is 32.7. The monoisotopic (exact) mass is 670 g/mol. The fourth-order valence-corrected chi connectivity index (χ4v) is 7.46. The largest absolute Gasteiger partial charge is 0.480 e. The Morgan fingerprint density at radius 3 is 2.53 bits per heavy atom. The molecule has 0 bridgehead atoms. The van der Waals surface area contributed by atoms with Gasteiger partial charge in [-0.2, -0.15) is 9.97 Å². The number of methoxy groups -OCH3 is 1. The van der Waals surface area contributed by atoms with Crippen LogP contribution < -0.4 is 14.4 Å². The van der Waals surface area contributed by atoms with Crippen molar-refractivity contribution in [3.8, 4) is 35.5 Å². The molecule has 3 saturated heterocycles. The van der Waals surface area contributed by atoms with Crippen LogP contribution in [0.2, 0.25) is 0 Å². The van der Waals surface area contributed by atoms with Gasteiger partial charge in [0.1, 0.15) is 40.8 Å². The number of carbonyl (C=O) groups excluding carboxylic acids is 1. The van der Waals surface area contributed by atoms with Gasteiger partial charge in [-0.15, -0.1) is 6.42 Å². The van der Waals surface area contributed by atoms with Gasteiger partial charge in [0.2, 0.25) is 5.88 Å². The van der Waals surface area contributed by atoms with Gasteiger partial charge in [-0.05, 0) is 51.6 Å². The van der Waals surface area contributed by atoms with E-state index in [1.807, 2.05) is 56.0 Å². The Labute approximate surface area is 284 Å². The van der Waals surface area contributed by atoms with E-state index in [4.69, 9.17) is 30.6 Å². The lowest BCUT2D eigenvalue weighted by molar-refractivity contribution is 0.0240. The van der Waals surface area contributed by atoms with Gasteiger partial charge in [0.15, 0.2) is 5.82 Å². The van der Waals surface area contributed by atoms with Crippen molar-refractivity contribution in [1.29, 1.82) is 0 Å². The molecule has 0 spiro atoms. The van der Waals surface area contributed by atoms with Gasteiger partial charge in [0, 0.05) is 55.7 Å². The highest BCUT2D eigenvalue weighted by Gasteiger charge is 2.49. The van der Waals surface area contributed by atoms with Crippen LogP contribution >= 0.6 is 0 Å². The van der Waals surface area contributed by atoms with Crippen molar-refractivity contribution in [2.75, 3.05) is 57.9 Å². The van der Waals surface area contributed by atoms with Gasteiger partial charge in [0.25, 0.3) is 0 Å². The van der Waals surface area contributed by atoms with Gasteiger partial charge in [-0.1, -0.05) is 36.3 Å². The fraction of sp³-hybridized carbons (Fsp3) is 0.459. The van der Waals surface area contributed by atoms with Crippen molar-refractivity contribution >= 4 is 33.6 Å². The number of alkyl halides is 1. The number of anilines is 1. The first-order chi connectivity index (χ1) is 23.5. The van der Waals surface area contributed by atoms with E-state index in [0.29, 0.717) is 61.5 Å². The smallest absolute Gasteiger partial charge is 0.410 e. The first kappa shape index (κ1) is 32.8. The van der Waals surface area contributed by atoms with Crippen LogP contribution in [0.1, 0.15) is 45.6 Å². The van der Waals surface area contributed by atoms with E-state index >= 15 is 4.39 Å². The summed E-state index contributed by atoms with van der Waals surface area (Å²) in [6, 6.07) is 11.1. The molecule has 0 unspecified atom stereocenters. The molecular weight excluding hydrogens is 630 g/mol. The number of hydrogen-bond acceptors (Lipinski definition) is 9. The van der Waals surface area contributed by atoms with Gasteiger partial charge >= 0.3 is 12.1 Å². The van der Waals surface area contributed by atoms with Crippen LogP contribution in [0.25, 0.3) is 32.9 Å². The highest BCUT2D eigenvalue weighted by molar-refractivity contribution is 6.03. The lowest BCUT2D eigenvalue weighted by atomic mass is 9.95. The average Bonchev–Trinajstić information content (AvgIpc) is 3.61. The molecule has 3 aliphatic heterocycles. The molecule has 7 rings (SSSR count). The Kier molecular flexibility index (Phi) is 8.43. The van der Waals surface area contributed by atoms with Crippen molar-refractivity contribution in [2.45, 2.75) is 57.3 Å². The van der Waals surface area contributed by atoms with Gasteiger partial charge in [-0.25, -0.2) is 18.6 Å². The number of carbonyl (C=O) groups is 1. The minimum atomic E-state index is -0.929. The molecule has 3 aliphatic rings. The second kappa shape index (κ2) is 12.6. The number of terminal acetylenes is 1. The molecule has 3 fully saturated rings. The SMILES string of the molecule is C#Cc1cccc2cccc(-c3nc(OC)c4c(N5CCN(C(=O)OC(C)(C)C)CC5)nc(OC[C@@]56CCCN5C[C@H](F)C6)nc4c3F)c12. The molecular formula is C37H40F2N6O4. The summed E-state index contributed by atoms with van der Waals surface area (Å²) in [5, 5.41) is 1.81. The standard InChI is InChI=1S/C37H40F2N6O4/c1-6-23-10-7-11-24-12-8-13-26(27(23)24)30-29(39)31-28(33(40-30)47-5)32(43-16-18-44(19-17-43)35(46)49-36(2,3)4)42-34(41-31)48-22-37-14-9-15-45(37)21-25(38)20-37/h1,7-8,10-13,25H,9,14-22H2,2-5H3/t25-,37+/m1/s1. The van der Waals surface area contributed by atoms with Crippen molar-refractivity contribution in [2.24, 2.45) is 0 Å². The zero-order valence-corrected chi connectivity index (χ0v) is 28.3. The summed E-state index contributed by atoms with van der Waals surface area (Å²) in [7, 11) is 1.47. The van der Waals surface area contributed by atoms with E-state index in [-0.39, 0.29) is 35.1 Å². The molecule has 5 heterocycles. The maximum atomic E-state index is 17.0. The summed E-state index contributed by atoms with van der Waals surface area (Å²) in [5.41, 5.74) is 0.0234. The van der Waals surface area contributed by atoms with Crippen LogP contribution in [0, 0.1) is 18.2 Å². The minimum Gasteiger partial charge on any atom is -0.480 e. The minimum absolute atomic E-state index is 0.0258. The summed E-state index contributed by atoms with van der Waals surface area (Å²) in [6.45, 7) is 8.31. The molecule has 2 aromatic heterocycles.